The first-order valence-corrected chi connectivity index (χ1v) is 5.74. The highest BCUT2D eigenvalue weighted by Gasteiger charge is 2.25. The predicted octanol–water partition coefficient (Wildman–Crippen LogP) is 1.65. The van der Waals surface area contributed by atoms with E-state index < -0.39 is 0 Å². The molecule has 0 bridgehead atoms. The summed E-state index contributed by atoms with van der Waals surface area (Å²) in [7, 11) is 0. The maximum Gasteiger partial charge on any atom is 0.258 e. The Morgan fingerprint density at radius 2 is 1.89 bits per heavy atom. The second kappa shape index (κ2) is 5.86. The van der Waals surface area contributed by atoms with Gasteiger partial charge in [0.2, 0.25) is 0 Å². The van der Waals surface area contributed by atoms with Gasteiger partial charge in [-0.15, -0.1) is 0 Å². The van der Waals surface area contributed by atoms with Crippen LogP contribution >= 0.6 is 0 Å². The van der Waals surface area contributed by atoms with Crippen LogP contribution in [0, 0.1) is 0 Å². The number of hydrogen-bond donors (Lipinski definition) is 0. The van der Waals surface area contributed by atoms with Crippen LogP contribution in [0.2, 0.25) is 0 Å². The van der Waals surface area contributed by atoms with Crippen molar-refractivity contribution in [2.24, 2.45) is 0 Å². The summed E-state index contributed by atoms with van der Waals surface area (Å²) in [4.78, 5) is 24.2. The van der Waals surface area contributed by atoms with Crippen LogP contribution in [0.1, 0.15) is 0 Å². The zero-order valence-electron chi connectivity index (χ0n) is 10.2. The van der Waals surface area contributed by atoms with Gasteiger partial charge in [0.25, 0.3) is 11.8 Å². The van der Waals surface area contributed by atoms with E-state index in [4.69, 9.17) is 9.47 Å². The molecule has 19 heavy (non-hydrogen) atoms. The van der Waals surface area contributed by atoms with Crippen molar-refractivity contribution in [1.29, 1.82) is 0 Å². The molecule has 0 aromatic heterocycles. The highest BCUT2D eigenvalue weighted by atomic mass is 16.5. The van der Waals surface area contributed by atoms with E-state index in [1.165, 1.54) is 18.4 Å². The van der Waals surface area contributed by atoms with Gasteiger partial charge in [-0.25, -0.2) is 4.90 Å². The van der Waals surface area contributed by atoms with Crippen LogP contribution in [0.25, 0.3) is 0 Å². The van der Waals surface area contributed by atoms with Gasteiger partial charge in [0.1, 0.15) is 19.0 Å². The van der Waals surface area contributed by atoms with Gasteiger partial charge < -0.3 is 9.47 Å². The topological polar surface area (TPSA) is 55.8 Å². The largest absolute Gasteiger partial charge is 0.498 e. The Balaban J connectivity index is 2.05. The molecule has 0 saturated carbocycles. The minimum Gasteiger partial charge on any atom is -0.498 e. The minimum atomic E-state index is -0.350. The zero-order chi connectivity index (χ0) is 13.7. The quantitative estimate of drug-likeness (QED) is 0.443. The summed E-state index contributed by atoms with van der Waals surface area (Å²) >= 11 is 0. The van der Waals surface area contributed by atoms with Crippen molar-refractivity contribution in [2.75, 3.05) is 18.1 Å². The molecule has 0 saturated heterocycles. The Kier molecular flexibility index (Phi) is 3.97. The molecule has 0 unspecified atom stereocenters. The standard InChI is InChI=1S/C14H13NO4/c1-2-18-8-9-19-12-5-3-4-11(10-12)15-13(16)6-7-14(15)17/h2-7,10H,1,8-9H2. The summed E-state index contributed by atoms with van der Waals surface area (Å²) in [6.45, 7) is 4.16. The van der Waals surface area contributed by atoms with Gasteiger partial charge in [0.15, 0.2) is 0 Å². The molecule has 5 heteroatoms. The molecule has 0 aliphatic carbocycles. The lowest BCUT2D eigenvalue weighted by molar-refractivity contribution is -0.119. The molecule has 98 valence electrons. The van der Waals surface area contributed by atoms with E-state index in [1.807, 2.05) is 0 Å². The van der Waals surface area contributed by atoms with E-state index >= 15 is 0 Å². The molecule has 5 nitrogen and oxygen atoms in total. The molecule has 1 aromatic carbocycles. The summed E-state index contributed by atoms with van der Waals surface area (Å²) in [5, 5.41) is 0. The number of nitrogens with zero attached hydrogens (tertiary/aromatic N) is 1. The molecular weight excluding hydrogens is 246 g/mol. The molecule has 0 spiro atoms. The maximum atomic E-state index is 11.5. The third kappa shape index (κ3) is 3.01. The summed E-state index contributed by atoms with van der Waals surface area (Å²) < 4.78 is 10.4. The number of rotatable bonds is 6. The summed E-state index contributed by atoms with van der Waals surface area (Å²) in [6, 6.07) is 6.78. The number of imide groups is 1. The number of amides is 2. The summed E-state index contributed by atoms with van der Waals surface area (Å²) in [5.41, 5.74) is 0.488. The third-order valence-electron chi connectivity index (χ3n) is 2.47. The number of anilines is 1. The summed E-state index contributed by atoms with van der Waals surface area (Å²) in [6.07, 6.45) is 3.83. The van der Waals surface area contributed by atoms with Crippen molar-refractivity contribution in [3.63, 3.8) is 0 Å². The SMILES string of the molecule is C=COCCOc1cccc(N2C(=O)C=CC2=O)c1. The van der Waals surface area contributed by atoms with Gasteiger partial charge in [-0.3, -0.25) is 9.59 Å². The highest BCUT2D eigenvalue weighted by molar-refractivity contribution is 6.28. The Labute approximate surface area is 110 Å². The number of ether oxygens (including phenoxy) is 2. The molecule has 1 aliphatic heterocycles. The van der Waals surface area contributed by atoms with Crippen LogP contribution < -0.4 is 9.64 Å². The number of hydrogen-bond acceptors (Lipinski definition) is 4. The number of carbonyl (C=O) groups is 2. The lowest BCUT2D eigenvalue weighted by Gasteiger charge is -2.15. The first-order valence-electron chi connectivity index (χ1n) is 5.74. The molecule has 0 fully saturated rings. The second-order valence-electron chi connectivity index (χ2n) is 3.73. The van der Waals surface area contributed by atoms with Gasteiger partial charge in [-0.05, 0) is 12.1 Å². The van der Waals surface area contributed by atoms with Crippen LogP contribution in [0.15, 0.2) is 49.3 Å². The summed E-state index contributed by atoms with van der Waals surface area (Å²) in [5.74, 6) is -0.132. The van der Waals surface area contributed by atoms with E-state index in [9.17, 15) is 9.59 Å². The first kappa shape index (κ1) is 12.9. The van der Waals surface area contributed by atoms with Gasteiger partial charge >= 0.3 is 0 Å². The van der Waals surface area contributed by atoms with Gasteiger partial charge in [-0.1, -0.05) is 12.6 Å². The fourth-order valence-corrected chi connectivity index (χ4v) is 1.66. The van der Waals surface area contributed by atoms with Crippen molar-refractivity contribution in [3.8, 4) is 5.75 Å². The van der Waals surface area contributed by atoms with Crippen LogP contribution in [-0.2, 0) is 14.3 Å². The van der Waals surface area contributed by atoms with E-state index in [-0.39, 0.29) is 11.8 Å². The fourth-order valence-electron chi connectivity index (χ4n) is 1.66. The molecule has 0 radical (unpaired) electrons. The Morgan fingerprint density at radius 3 is 2.58 bits per heavy atom. The number of carbonyl (C=O) groups excluding carboxylic acids is 2. The van der Waals surface area contributed by atoms with Gasteiger partial charge in [-0.2, -0.15) is 0 Å². The zero-order valence-corrected chi connectivity index (χ0v) is 10.2. The van der Waals surface area contributed by atoms with Crippen LogP contribution in [-0.4, -0.2) is 25.0 Å². The molecular formula is C14H13NO4. The maximum absolute atomic E-state index is 11.5. The van der Waals surface area contributed by atoms with E-state index in [0.29, 0.717) is 24.7 Å². The molecule has 0 N–H and O–H groups in total. The van der Waals surface area contributed by atoms with Crippen LogP contribution in [0.3, 0.4) is 0 Å². The van der Waals surface area contributed by atoms with Crippen LogP contribution in [0.4, 0.5) is 5.69 Å². The highest BCUT2D eigenvalue weighted by Crippen LogP contribution is 2.23. The van der Waals surface area contributed by atoms with E-state index in [1.54, 1.807) is 24.3 Å². The van der Waals surface area contributed by atoms with Gasteiger partial charge in [0, 0.05) is 18.2 Å². The normalized spacial score (nSPS) is 13.8. The predicted molar refractivity (Wildman–Crippen MR) is 69.7 cm³/mol. The Morgan fingerprint density at radius 1 is 1.16 bits per heavy atom. The van der Waals surface area contributed by atoms with E-state index in [0.717, 1.165) is 4.90 Å². The fraction of sp³-hybridized carbons (Fsp3) is 0.143. The number of benzene rings is 1. The van der Waals surface area contributed by atoms with Gasteiger partial charge in [0.05, 0.1) is 11.9 Å². The van der Waals surface area contributed by atoms with Crippen LogP contribution in [0.5, 0.6) is 5.75 Å². The molecule has 1 aliphatic rings. The van der Waals surface area contributed by atoms with Crippen molar-refractivity contribution in [1.82, 2.24) is 0 Å². The smallest absolute Gasteiger partial charge is 0.258 e. The average Bonchev–Trinajstić information content (AvgIpc) is 2.75. The van der Waals surface area contributed by atoms with Crippen molar-refractivity contribution < 1.29 is 19.1 Å². The Hall–Kier alpha value is -2.56. The first-order chi connectivity index (χ1) is 9.22. The second-order valence-corrected chi connectivity index (χ2v) is 3.73. The molecule has 1 aromatic rings. The Bertz CT molecular complexity index is 518. The molecule has 2 amide bonds. The van der Waals surface area contributed by atoms with Crippen molar-refractivity contribution in [3.05, 3.63) is 49.3 Å². The molecule has 0 atom stereocenters. The molecule has 2 rings (SSSR count). The third-order valence-corrected chi connectivity index (χ3v) is 2.47. The lowest BCUT2D eigenvalue weighted by atomic mass is 10.2. The van der Waals surface area contributed by atoms with Crippen molar-refractivity contribution in [2.45, 2.75) is 0 Å². The minimum absolute atomic E-state index is 0.350. The molecule has 1 heterocycles. The lowest BCUT2D eigenvalue weighted by Crippen LogP contribution is -2.29. The average molecular weight is 259 g/mol. The van der Waals surface area contributed by atoms with Crippen molar-refractivity contribution >= 4 is 17.5 Å². The van der Waals surface area contributed by atoms with E-state index in [2.05, 4.69) is 6.58 Å². The monoisotopic (exact) mass is 259 g/mol.